The predicted molar refractivity (Wildman–Crippen MR) is 104 cm³/mol. The first kappa shape index (κ1) is 18.5. The van der Waals surface area contributed by atoms with Gasteiger partial charge in [-0.3, -0.25) is 9.69 Å². The van der Waals surface area contributed by atoms with Crippen LogP contribution in [0.2, 0.25) is 0 Å². The van der Waals surface area contributed by atoms with Crippen molar-refractivity contribution in [3.05, 3.63) is 30.1 Å². The van der Waals surface area contributed by atoms with Gasteiger partial charge in [-0.05, 0) is 60.2 Å². The van der Waals surface area contributed by atoms with E-state index in [-0.39, 0.29) is 17.7 Å². The van der Waals surface area contributed by atoms with Crippen molar-refractivity contribution in [1.29, 1.82) is 0 Å². The molecule has 1 aromatic heterocycles. The number of hydrogen-bond donors (Lipinski definition) is 1. The van der Waals surface area contributed by atoms with Crippen LogP contribution >= 0.6 is 0 Å². The Balaban J connectivity index is 1.38. The highest BCUT2D eigenvalue weighted by atomic mass is 16.5. The van der Waals surface area contributed by atoms with Gasteiger partial charge in [0, 0.05) is 44.9 Å². The number of rotatable bonds is 3. The van der Waals surface area contributed by atoms with Crippen LogP contribution in [0.3, 0.4) is 0 Å². The minimum Gasteiger partial charge on any atom is -0.507 e. The predicted octanol–water partition coefficient (Wildman–Crippen LogP) is 1.08. The van der Waals surface area contributed by atoms with Gasteiger partial charge in [0.2, 0.25) is 0 Å². The fourth-order valence-electron chi connectivity index (χ4n) is 4.99. The molecule has 9 nitrogen and oxygen atoms in total. The van der Waals surface area contributed by atoms with Crippen LogP contribution in [-0.2, 0) is 4.74 Å². The second kappa shape index (κ2) is 7.72. The number of ether oxygens (including phenoxy) is 1. The van der Waals surface area contributed by atoms with Gasteiger partial charge in [-0.25, -0.2) is 4.68 Å². The van der Waals surface area contributed by atoms with Gasteiger partial charge in [0.25, 0.3) is 5.91 Å². The Morgan fingerprint density at radius 2 is 1.93 bits per heavy atom. The summed E-state index contributed by atoms with van der Waals surface area (Å²) >= 11 is 0. The first-order valence-corrected chi connectivity index (χ1v) is 10.4. The molecule has 0 spiro atoms. The van der Waals surface area contributed by atoms with E-state index in [2.05, 4.69) is 20.4 Å². The summed E-state index contributed by atoms with van der Waals surface area (Å²) < 4.78 is 7.01. The van der Waals surface area contributed by atoms with Crippen LogP contribution < -0.4 is 0 Å². The third kappa shape index (κ3) is 3.60. The van der Waals surface area contributed by atoms with E-state index >= 15 is 0 Å². The lowest BCUT2D eigenvalue weighted by Crippen LogP contribution is -2.48. The van der Waals surface area contributed by atoms with E-state index in [9.17, 15) is 9.90 Å². The zero-order valence-corrected chi connectivity index (χ0v) is 16.4. The van der Waals surface area contributed by atoms with Gasteiger partial charge in [0.05, 0.1) is 11.3 Å². The van der Waals surface area contributed by atoms with E-state index in [1.54, 1.807) is 12.1 Å². The SMILES string of the molecule is O=C(c1cc(-n2cnnn2)ccc1O)N1C[C@H]2CC[C@@H]1CN(C1CCOCC1)C2. The van der Waals surface area contributed by atoms with Gasteiger partial charge in [0.1, 0.15) is 12.1 Å². The van der Waals surface area contributed by atoms with Crippen molar-refractivity contribution >= 4 is 5.91 Å². The highest BCUT2D eigenvalue weighted by Crippen LogP contribution is 2.33. The number of phenols is 1. The number of carbonyl (C=O) groups excluding carboxylic acids is 1. The fraction of sp³-hybridized carbons (Fsp3) is 0.600. The Hall–Kier alpha value is -2.52. The van der Waals surface area contributed by atoms with Gasteiger partial charge in [-0.15, -0.1) is 5.10 Å². The van der Waals surface area contributed by atoms with Crippen LogP contribution in [-0.4, -0.2) is 86.0 Å². The molecule has 4 aliphatic heterocycles. The number of piperidine rings is 1. The normalized spacial score (nSPS) is 25.9. The lowest BCUT2D eigenvalue weighted by Gasteiger charge is -2.37. The number of hydrogen-bond acceptors (Lipinski definition) is 7. The molecule has 29 heavy (non-hydrogen) atoms. The summed E-state index contributed by atoms with van der Waals surface area (Å²) in [5, 5.41) is 21.6. The van der Waals surface area contributed by atoms with Crippen molar-refractivity contribution in [3.63, 3.8) is 0 Å². The maximum Gasteiger partial charge on any atom is 0.257 e. The molecule has 1 aromatic carbocycles. The van der Waals surface area contributed by atoms with E-state index in [1.165, 1.54) is 17.1 Å². The summed E-state index contributed by atoms with van der Waals surface area (Å²) in [6.07, 6.45) is 5.79. The maximum atomic E-state index is 13.4. The number of aromatic nitrogens is 4. The van der Waals surface area contributed by atoms with Crippen LogP contribution in [0.25, 0.3) is 5.69 Å². The number of amides is 1. The number of benzene rings is 1. The van der Waals surface area contributed by atoms with E-state index < -0.39 is 0 Å². The lowest BCUT2D eigenvalue weighted by molar-refractivity contribution is 0.0304. The molecule has 0 saturated carbocycles. The van der Waals surface area contributed by atoms with E-state index in [0.717, 1.165) is 58.5 Å². The molecular formula is C20H26N6O3. The average Bonchev–Trinajstić information content (AvgIpc) is 3.14. The number of fused-ring (bicyclic) bond motifs is 4. The second-order valence-electron chi connectivity index (χ2n) is 8.31. The summed E-state index contributed by atoms with van der Waals surface area (Å²) in [4.78, 5) is 18.0. The first-order chi connectivity index (χ1) is 14.2. The van der Waals surface area contributed by atoms with Gasteiger partial charge < -0.3 is 14.7 Å². The number of carbonyl (C=O) groups is 1. The molecule has 0 radical (unpaired) electrons. The van der Waals surface area contributed by atoms with Gasteiger partial charge in [0.15, 0.2) is 0 Å². The number of tetrazole rings is 1. The molecule has 2 atom stereocenters. The maximum absolute atomic E-state index is 13.4. The van der Waals surface area contributed by atoms with Crippen molar-refractivity contribution in [3.8, 4) is 11.4 Å². The number of nitrogens with zero attached hydrogens (tertiary/aromatic N) is 6. The minimum absolute atomic E-state index is 0.00627. The van der Waals surface area contributed by atoms with Crippen molar-refractivity contribution in [2.24, 2.45) is 5.92 Å². The summed E-state index contributed by atoms with van der Waals surface area (Å²) in [5.41, 5.74) is 0.961. The topological polar surface area (TPSA) is 96.6 Å². The Morgan fingerprint density at radius 1 is 1.07 bits per heavy atom. The van der Waals surface area contributed by atoms with E-state index in [0.29, 0.717) is 23.2 Å². The zero-order chi connectivity index (χ0) is 19.8. The second-order valence-corrected chi connectivity index (χ2v) is 8.31. The van der Waals surface area contributed by atoms with Crippen molar-refractivity contribution < 1.29 is 14.6 Å². The van der Waals surface area contributed by atoms with Crippen molar-refractivity contribution in [1.82, 2.24) is 30.0 Å². The molecule has 4 fully saturated rings. The number of phenolic OH excluding ortho intramolecular Hbond substituents is 1. The van der Waals surface area contributed by atoms with Gasteiger partial charge in [-0.1, -0.05) is 0 Å². The summed E-state index contributed by atoms with van der Waals surface area (Å²) in [5.74, 6) is 0.361. The molecule has 2 aromatic rings. The van der Waals surface area contributed by atoms with E-state index in [1.807, 2.05) is 4.90 Å². The van der Waals surface area contributed by atoms with Crippen molar-refractivity contribution in [2.75, 3.05) is 32.8 Å². The molecule has 2 bridgehead atoms. The number of aromatic hydroxyl groups is 1. The molecule has 5 heterocycles. The molecule has 4 saturated heterocycles. The van der Waals surface area contributed by atoms with E-state index in [4.69, 9.17) is 4.74 Å². The molecule has 4 aliphatic rings. The standard InChI is InChI=1S/C20H26N6O3/c27-19-4-3-16(26-13-21-22-23-26)9-18(19)20(28)25-11-14-1-2-17(25)12-24(10-14)15-5-7-29-8-6-15/h3-4,9,13-15,17,27H,1-2,5-8,10-12H2/t14-,17+/m0/s1. The molecular weight excluding hydrogens is 372 g/mol. The fourth-order valence-corrected chi connectivity index (χ4v) is 4.99. The molecule has 154 valence electrons. The molecule has 0 unspecified atom stereocenters. The highest BCUT2D eigenvalue weighted by molar-refractivity contribution is 5.97. The van der Waals surface area contributed by atoms with Crippen LogP contribution in [0.15, 0.2) is 24.5 Å². The van der Waals surface area contributed by atoms with Gasteiger partial charge in [-0.2, -0.15) is 0 Å². The third-order valence-electron chi connectivity index (χ3n) is 6.53. The first-order valence-electron chi connectivity index (χ1n) is 10.4. The van der Waals surface area contributed by atoms with Crippen LogP contribution in [0.4, 0.5) is 0 Å². The molecule has 1 N–H and O–H groups in total. The molecule has 0 aliphatic carbocycles. The monoisotopic (exact) mass is 398 g/mol. The largest absolute Gasteiger partial charge is 0.507 e. The van der Waals surface area contributed by atoms with Gasteiger partial charge >= 0.3 is 0 Å². The minimum atomic E-state index is -0.110. The Kier molecular flexibility index (Phi) is 4.92. The van der Waals surface area contributed by atoms with Crippen molar-refractivity contribution in [2.45, 2.75) is 37.8 Å². The third-order valence-corrected chi connectivity index (χ3v) is 6.53. The highest BCUT2D eigenvalue weighted by Gasteiger charge is 2.40. The Morgan fingerprint density at radius 3 is 2.72 bits per heavy atom. The average molecular weight is 398 g/mol. The quantitative estimate of drug-likeness (QED) is 0.826. The Bertz CT molecular complexity index is 867. The molecule has 6 rings (SSSR count). The molecule has 9 heteroatoms. The smallest absolute Gasteiger partial charge is 0.257 e. The zero-order valence-electron chi connectivity index (χ0n) is 16.4. The Labute approximate surface area is 169 Å². The van der Waals surface area contributed by atoms with Crippen LogP contribution in [0.5, 0.6) is 5.75 Å². The summed E-state index contributed by atoms with van der Waals surface area (Å²) in [6, 6.07) is 5.64. The summed E-state index contributed by atoms with van der Waals surface area (Å²) in [6.45, 7) is 4.35. The van der Waals surface area contributed by atoms with Crippen LogP contribution in [0.1, 0.15) is 36.0 Å². The lowest BCUT2D eigenvalue weighted by atomic mass is 9.94. The molecule has 1 amide bonds. The summed E-state index contributed by atoms with van der Waals surface area (Å²) in [7, 11) is 0. The van der Waals surface area contributed by atoms with Crippen LogP contribution in [0, 0.1) is 5.92 Å².